The largest absolute Gasteiger partial charge is 0.357 e. The van der Waals surface area contributed by atoms with Gasteiger partial charge in [-0.05, 0) is 0 Å². The third-order valence-electron chi connectivity index (χ3n) is 5.75. The molecule has 13 nitrogen and oxygen atoms in total. The predicted molar refractivity (Wildman–Crippen MR) is 122 cm³/mol. The summed E-state index contributed by atoms with van der Waals surface area (Å²) in [6.07, 6.45) is 7.00. The molecular weight excluding hydrogens is 477 g/mol. The van der Waals surface area contributed by atoms with Gasteiger partial charge in [-0.2, -0.15) is 10.3 Å². The second-order valence-electron chi connectivity index (χ2n) is 7.67. The molecule has 0 radical (unpaired) electrons. The molecule has 0 bridgehead atoms. The van der Waals surface area contributed by atoms with Crippen molar-refractivity contribution in [2.24, 2.45) is 0 Å². The van der Waals surface area contributed by atoms with E-state index in [0.29, 0.717) is 37.7 Å². The standard InChI is InChI=1S/C20H16FN11O2S/c21-12-10-24-17(32-3-1-25-29-32)14-13(12)11(9-23-14)16(33)20(34)31-6-4-30(5-7-31)18-15(26-28-27-18)19-22-2-8-35-19/h1-3,8-10,23H,4-7H2,(H,26,27,28). The summed E-state index contributed by atoms with van der Waals surface area (Å²) in [7, 11) is 0. The van der Waals surface area contributed by atoms with Crippen molar-refractivity contribution >= 4 is 39.7 Å². The minimum absolute atomic E-state index is 0.0156. The lowest BCUT2D eigenvalue weighted by Gasteiger charge is -2.34. The number of halogens is 1. The molecule has 0 spiro atoms. The number of rotatable bonds is 5. The lowest BCUT2D eigenvalue weighted by molar-refractivity contribution is -0.126. The molecule has 0 atom stereocenters. The van der Waals surface area contributed by atoms with E-state index in [2.05, 4.69) is 40.7 Å². The first-order valence-electron chi connectivity index (χ1n) is 10.5. The average molecular weight is 493 g/mol. The van der Waals surface area contributed by atoms with Crippen molar-refractivity contribution in [2.75, 3.05) is 31.1 Å². The topological polar surface area (TPSA) is 154 Å². The molecule has 35 heavy (non-hydrogen) atoms. The fourth-order valence-electron chi connectivity index (χ4n) is 4.08. The summed E-state index contributed by atoms with van der Waals surface area (Å²) < 4.78 is 16.0. The van der Waals surface area contributed by atoms with Gasteiger partial charge < -0.3 is 14.8 Å². The highest BCUT2D eigenvalue weighted by Crippen LogP contribution is 2.29. The van der Waals surface area contributed by atoms with Gasteiger partial charge in [-0.25, -0.2) is 19.0 Å². The van der Waals surface area contributed by atoms with Gasteiger partial charge in [-0.3, -0.25) is 9.59 Å². The zero-order chi connectivity index (χ0) is 23.9. The number of pyridine rings is 1. The summed E-state index contributed by atoms with van der Waals surface area (Å²) in [4.78, 5) is 40.8. The molecule has 1 saturated heterocycles. The molecule has 2 N–H and O–H groups in total. The Bertz CT molecular complexity index is 1520. The molecular formula is C20H16FN11O2S. The number of anilines is 1. The van der Waals surface area contributed by atoms with Gasteiger partial charge in [-0.1, -0.05) is 5.21 Å². The number of carbonyl (C=O) groups excluding carboxylic acids is 2. The number of H-pyrrole nitrogens is 2. The highest BCUT2D eigenvalue weighted by Gasteiger charge is 2.31. The van der Waals surface area contributed by atoms with Crippen LogP contribution >= 0.6 is 11.3 Å². The molecule has 6 rings (SSSR count). The lowest BCUT2D eigenvalue weighted by Crippen LogP contribution is -2.50. The number of thiazole rings is 1. The monoisotopic (exact) mass is 493 g/mol. The van der Waals surface area contributed by atoms with Crippen molar-refractivity contribution in [3.63, 3.8) is 0 Å². The van der Waals surface area contributed by atoms with Gasteiger partial charge in [0.15, 0.2) is 23.1 Å². The van der Waals surface area contributed by atoms with E-state index in [9.17, 15) is 14.0 Å². The van der Waals surface area contributed by atoms with E-state index in [1.165, 1.54) is 33.3 Å². The SMILES string of the molecule is O=C(C(=O)N1CCN(c2n[nH]nc2-c2nccs2)CC1)c1c[nH]c2c(-n3ccnn3)ncc(F)c12. The van der Waals surface area contributed by atoms with Crippen LogP contribution in [-0.2, 0) is 4.79 Å². The van der Waals surface area contributed by atoms with Crippen molar-refractivity contribution < 1.29 is 14.0 Å². The van der Waals surface area contributed by atoms with E-state index in [-0.39, 0.29) is 22.3 Å². The number of hydrogen-bond donors (Lipinski definition) is 2. The molecule has 176 valence electrons. The average Bonchev–Trinajstić information content (AvgIpc) is 3.70. The molecule has 5 aromatic heterocycles. The maximum absolute atomic E-state index is 14.7. The molecule has 1 aliphatic rings. The molecule has 1 fully saturated rings. The van der Waals surface area contributed by atoms with E-state index in [4.69, 9.17) is 0 Å². The smallest absolute Gasteiger partial charge is 0.295 e. The van der Waals surface area contributed by atoms with Gasteiger partial charge in [0.05, 0.1) is 35.1 Å². The second-order valence-corrected chi connectivity index (χ2v) is 8.57. The molecule has 5 aromatic rings. The van der Waals surface area contributed by atoms with Crippen molar-refractivity contribution in [3.05, 3.63) is 47.7 Å². The van der Waals surface area contributed by atoms with Crippen LogP contribution in [0.3, 0.4) is 0 Å². The van der Waals surface area contributed by atoms with E-state index in [1.54, 1.807) is 12.4 Å². The fraction of sp³-hybridized carbons (Fsp3) is 0.200. The Kier molecular flexibility index (Phi) is 5.02. The Balaban J connectivity index is 1.21. The highest BCUT2D eigenvalue weighted by molar-refractivity contribution is 7.13. The molecule has 0 aliphatic carbocycles. The third kappa shape index (κ3) is 3.52. The molecule has 0 saturated carbocycles. The highest BCUT2D eigenvalue weighted by atomic mass is 32.1. The third-order valence-corrected chi connectivity index (χ3v) is 6.53. The Morgan fingerprint density at radius 1 is 1.06 bits per heavy atom. The van der Waals surface area contributed by atoms with Gasteiger partial charge >= 0.3 is 0 Å². The van der Waals surface area contributed by atoms with Crippen molar-refractivity contribution in [3.8, 4) is 16.5 Å². The number of hydrogen-bond acceptors (Lipinski definition) is 10. The minimum atomic E-state index is -0.802. The first-order valence-corrected chi connectivity index (χ1v) is 11.4. The quantitative estimate of drug-likeness (QED) is 0.270. The van der Waals surface area contributed by atoms with Crippen LogP contribution < -0.4 is 4.90 Å². The molecule has 6 heterocycles. The van der Waals surface area contributed by atoms with E-state index >= 15 is 0 Å². The Hall–Kier alpha value is -4.53. The number of nitrogens with zero attached hydrogens (tertiary/aromatic N) is 9. The lowest BCUT2D eigenvalue weighted by atomic mass is 10.1. The number of nitrogens with one attached hydrogen (secondary N) is 2. The Labute approximate surface area is 199 Å². The van der Waals surface area contributed by atoms with E-state index in [1.807, 2.05) is 10.3 Å². The van der Waals surface area contributed by atoms with Gasteiger partial charge in [0, 0.05) is 44.0 Å². The van der Waals surface area contributed by atoms with Gasteiger partial charge in [0.25, 0.3) is 11.7 Å². The number of fused-ring (bicyclic) bond motifs is 1. The summed E-state index contributed by atoms with van der Waals surface area (Å²) in [5.74, 6) is -1.31. The Morgan fingerprint density at radius 3 is 2.66 bits per heavy atom. The molecule has 1 aliphatic heterocycles. The van der Waals surface area contributed by atoms with Crippen molar-refractivity contribution in [1.29, 1.82) is 0 Å². The fourth-order valence-corrected chi connectivity index (χ4v) is 4.70. The first kappa shape index (κ1) is 21.0. The van der Waals surface area contributed by atoms with Gasteiger partial charge in [0.1, 0.15) is 5.01 Å². The normalized spacial score (nSPS) is 14.1. The minimum Gasteiger partial charge on any atom is -0.357 e. The van der Waals surface area contributed by atoms with Crippen molar-refractivity contribution in [1.82, 2.24) is 50.3 Å². The van der Waals surface area contributed by atoms with Gasteiger partial charge in [-0.15, -0.1) is 21.5 Å². The summed E-state index contributed by atoms with van der Waals surface area (Å²) in [5.41, 5.74) is 0.829. The maximum Gasteiger partial charge on any atom is 0.295 e. The number of piperazine rings is 1. The van der Waals surface area contributed by atoms with Crippen molar-refractivity contribution in [2.45, 2.75) is 0 Å². The van der Waals surface area contributed by atoms with Crippen LogP contribution in [0.25, 0.3) is 27.4 Å². The molecule has 0 unspecified atom stereocenters. The van der Waals surface area contributed by atoms with E-state index < -0.39 is 17.5 Å². The zero-order valence-electron chi connectivity index (χ0n) is 17.9. The number of aromatic amines is 2. The second kappa shape index (κ2) is 8.35. The number of carbonyl (C=O) groups is 2. The van der Waals surface area contributed by atoms with Gasteiger partial charge in [0.2, 0.25) is 0 Å². The summed E-state index contributed by atoms with van der Waals surface area (Å²) in [6, 6.07) is 0. The maximum atomic E-state index is 14.7. The van der Waals surface area contributed by atoms with Crippen LogP contribution in [0.4, 0.5) is 10.2 Å². The molecule has 1 amide bonds. The summed E-state index contributed by atoms with van der Waals surface area (Å²) in [6.45, 7) is 1.50. The molecule has 15 heteroatoms. The number of Topliss-reactive ketones (excluding diaryl/α,β-unsaturated/α-hetero) is 1. The predicted octanol–water partition coefficient (Wildman–Crippen LogP) is 1.06. The summed E-state index contributed by atoms with van der Waals surface area (Å²) >= 11 is 1.45. The number of amides is 1. The van der Waals surface area contributed by atoms with Crippen LogP contribution in [0, 0.1) is 5.82 Å². The number of ketones is 1. The first-order chi connectivity index (χ1) is 17.1. The van der Waals surface area contributed by atoms with Crippen LogP contribution in [0.1, 0.15) is 10.4 Å². The van der Waals surface area contributed by atoms with Crippen LogP contribution in [-0.4, -0.2) is 88.1 Å². The van der Waals surface area contributed by atoms with Crippen LogP contribution in [0.15, 0.2) is 36.4 Å². The Morgan fingerprint density at radius 2 is 1.91 bits per heavy atom. The van der Waals surface area contributed by atoms with Crippen LogP contribution in [0.2, 0.25) is 0 Å². The number of aromatic nitrogens is 9. The summed E-state index contributed by atoms with van der Waals surface area (Å²) in [5, 5.41) is 21.2. The molecule has 0 aromatic carbocycles. The zero-order valence-corrected chi connectivity index (χ0v) is 18.7. The van der Waals surface area contributed by atoms with Crippen LogP contribution in [0.5, 0.6) is 0 Å². The van der Waals surface area contributed by atoms with E-state index in [0.717, 1.165) is 11.2 Å².